The Kier molecular flexibility index (Phi) is 10.2. The average Bonchev–Trinajstić information content (AvgIpc) is 3.11. The summed E-state index contributed by atoms with van der Waals surface area (Å²) < 4.78 is 17.6. The molecule has 0 aliphatic carbocycles. The molecule has 1 aromatic heterocycles. The van der Waals surface area contributed by atoms with Gasteiger partial charge >= 0.3 is 18.2 Å². The highest BCUT2D eigenvalue weighted by molar-refractivity contribution is 5.75. The van der Waals surface area contributed by atoms with Crippen LogP contribution in [0.3, 0.4) is 0 Å². The summed E-state index contributed by atoms with van der Waals surface area (Å²) in [6.07, 6.45) is 6.82. The van der Waals surface area contributed by atoms with E-state index in [-0.39, 0.29) is 12.6 Å². The summed E-state index contributed by atoms with van der Waals surface area (Å²) in [5.41, 5.74) is -1.83. The van der Waals surface area contributed by atoms with E-state index < -0.39 is 28.9 Å². The Hall–Kier alpha value is -2.77. The molecule has 8 nitrogen and oxygen atoms in total. The number of ether oxygens (including phenoxy) is 3. The Labute approximate surface area is 197 Å². The fraction of sp³-hybridized carbons (Fsp3) is 0.640. The van der Waals surface area contributed by atoms with Gasteiger partial charge in [0.1, 0.15) is 17.8 Å². The summed E-state index contributed by atoms with van der Waals surface area (Å²) in [4.78, 5) is 37.1. The highest BCUT2D eigenvalue weighted by Gasteiger charge is 2.29. The Balaban J connectivity index is 3.03. The van der Waals surface area contributed by atoms with Crippen molar-refractivity contribution in [3.8, 4) is 0 Å². The number of carbonyl (C=O) groups is 3. The SMILES string of the molecule is CCCCCC(=O)OC[C@@](C)(C=Cc1cccn1C(=O)OC(C)(C)C)NC(=O)OC(C)(C)C. The first-order valence-corrected chi connectivity index (χ1v) is 11.4. The first-order chi connectivity index (χ1) is 15.1. The van der Waals surface area contributed by atoms with Gasteiger partial charge < -0.3 is 19.5 Å². The monoisotopic (exact) mass is 464 g/mol. The third-order valence-corrected chi connectivity index (χ3v) is 4.30. The fourth-order valence-corrected chi connectivity index (χ4v) is 2.76. The highest BCUT2D eigenvalue weighted by atomic mass is 16.6. The van der Waals surface area contributed by atoms with Crippen molar-refractivity contribution in [2.45, 2.75) is 97.8 Å². The third-order valence-electron chi connectivity index (χ3n) is 4.30. The molecule has 1 amide bonds. The van der Waals surface area contributed by atoms with Crippen molar-refractivity contribution in [3.05, 3.63) is 30.1 Å². The van der Waals surface area contributed by atoms with Crippen molar-refractivity contribution < 1.29 is 28.6 Å². The van der Waals surface area contributed by atoms with Crippen molar-refractivity contribution in [2.75, 3.05) is 6.61 Å². The van der Waals surface area contributed by atoms with Crippen LogP contribution in [0.15, 0.2) is 24.4 Å². The number of rotatable bonds is 9. The van der Waals surface area contributed by atoms with Gasteiger partial charge in [0.25, 0.3) is 0 Å². The summed E-state index contributed by atoms with van der Waals surface area (Å²) in [5, 5.41) is 2.77. The van der Waals surface area contributed by atoms with E-state index >= 15 is 0 Å². The molecular weight excluding hydrogens is 424 g/mol. The molecule has 0 saturated carbocycles. The van der Waals surface area contributed by atoms with Crippen molar-refractivity contribution in [3.63, 3.8) is 0 Å². The van der Waals surface area contributed by atoms with Crippen LogP contribution in [0.5, 0.6) is 0 Å². The molecule has 1 heterocycles. The van der Waals surface area contributed by atoms with E-state index in [0.717, 1.165) is 19.3 Å². The van der Waals surface area contributed by atoms with Crippen LogP contribution in [0.2, 0.25) is 0 Å². The maximum absolute atomic E-state index is 12.5. The molecule has 1 rings (SSSR count). The molecule has 1 atom stereocenters. The molecule has 0 fully saturated rings. The van der Waals surface area contributed by atoms with Gasteiger partial charge in [-0.3, -0.25) is 9.36 Å². The lowest BCUT2D eigenvalue weighted by atomic mass is 10.0. The van der Waals surface area contributed by atoms with Crippen LogP contribution < -0.4 is 5.32 Å². The fourth-order valence-electron chi connectivity index (χ4n) is 2.76. The highest BCUT2D eigenvalue weighted by Crippen LogP contribution is 2.17. The predicted octanol–water partition coefficient (Wildman–Crippen LogP) is 5.69. The second-order valence-electron chi connectivity index (χ2n) is 10.3. The zero-order chi connectivity index (χ0) is 25.3. The number of hydrogen-bond donors (Lipinski definition) is 1. The molecule has 33 heavy (non-hydrogen) atoms. The predicted molar refractivity (Wildman–Crippen MR) is 128 cm³/mol. The van der Waals surface area contributed by atoms with Crippen molar-refractivity contribution in [2.24, 2.45) is 0 Å². The second-order valence-corrected chi connectivity index (χ2v) is 10.3. The molecule has 1 aromatic rings. The average molecular weight is 465 g/mol. The van der Waals surface area contributed by atoms with E-state index in [1.165, 1.54) is 4.57 Å². The summed E-state index contributed by atoms with van der Waals surface area (Å²) in [7, 11) is 0. The summed E-state index contributed by atoms with van der Waals surface area (Å²) in [6, 6.07) is 3.46. The van der Waals surface area contributed by atoms with Gasteiger partial charge in [0.15, 0.2) is 0 Å². The smallest absolute Gasteiger partial charge is 0.418 e. The van der Waals surface area contributed by atoms with Gasteiger partial charge in [0.05, 0.1) is 11.2 Å². The Morgan fingerprint density at radius 1 is 1.00 bits per heavy atom. The second kappa shape index (κ2) is 11.9. The first kappa shape index (κ1) is 28.3. The van der Waals surface area contributed by atoms with Gasteiger partial charge in [-0.25, -0.2) is 9.59 Å². The third kappa shape index (κ3) is 11.6. The minimum atomic E-state index is -1.06. The molecule has 0 spiro atoms. The quantitative estimate of drug-likeness (QED) is 0.286. The summed E-state index contributed by atoms with van der Waals surface area (Å²) in [6.45, 7) is 14.4. The van der Waals surface area contributed by atoms with E-state index in [9.17, 15) is 14.4 Å². The molecule has 0 unspecified atom stereocenters. The van der Waals surface area contributed by atoms with E-state index in [0.29, 0.717) is 12.1 Å². The summed E-state index contributed by atoms with van der Waals surface area (Å²) in [5.74, 6) is -0.328. The standard InChI is InChI=1S/C25H40N2O6/c1-9-10-11-14-20(28)31-18-25(8,26-21(29)32-23(2,3)4)16-15-19-13-12-17-27(19)22(30)33-24(5,6)7/h12-13,15-17H,9-11,14,18H2,1-8H3,(H,26,29)/t25-/m1/s1. The maximum Gasteiger partial charge on any atom is 0.418 e. The zero-order valence-electron chi connectivity index (χ0n) is 21.3. The molecular formula is C25H40N2O6. The lowest BCUT2D eigenvalue weighted by Crippen LogP contribution is -2.50. The number of amides is 1. The number of nitrogens with one attached hydrogen (secondary N) is 1. The topological polar surface area (TPSA) is 95.9 Å². The minimum Gasteiger partial charge on any atom is -0.463 e. The number of nitrogens with zero attached hydrogens (tertiary/aromatic N) is 1. The number of alkyl carbamates (subject to hydrolysis) is 1. The van der Waals surface area contributed by atoms with Gasteiger partial charge in [-0.15, -0.1) is 0 Å². The van der Waals surface area contributed by atoms with Gasteiger partial charge in [0, 0.05) is 12.6 Å². The van der Waals surface area contributed by atoms with Crippen LogP contribution >= 0.6 is 0 Å². The first-order valence-electron chi connectivity index (χ1n) is 11.4. The number of hydrogen-bond acceptors (Lipinski definition) is 6. The molecule has 8 heteroatoms. The number of aromatic nitrogens is 1. The molecule has 0 aromatic carbocycles. The largest absolute Gasteiger partial charge is 0.463 e. The summed E-state index contributed by atoms with van der Waals surface area (Å²) >= 11 is 0. The van der Waals surface area contributed by atoms with Crippen molar-refractivity contribution in [1.29, 1.82) is 0 Å². The zero-order valence-corrected chi connectivity index (χ0v) is 21.3. The van der Waals surface area contributed by atoms with Crippen LogP contribution in [0, 0.1) is 0 Å². The number of unbranched alkanes of at least 4 members (excludes halogenated alkanes) is 2. The Bertz CT molecular complexity index is 829. The van der Waals surface area contributed by atoms with Gasteiger partial charge in [-0.05, 0) is 73.1 Å². The van der Waals surface area contributed by atoms with Crippen LogP contribution in [0.4, 0.5) is 9.59 Å². The van der Waals surface area contributed by atoms with E-state index in [1.807, 2.05) is 0 Å². The van der Waals surface area contributed by atoms with Crippen molar-refractivity contribution in [1.82, 2.24) is 9.88 Å². The van der Waals surface area contributed by atoms with Gasteiger partial charge in [-0.1, -0.05) is 25.8 Å². The maximum atomic E-state index is 12.5. The Morgan fingerprint density at radius 2 is 1.64 bits per heavy atom. The molecule has 0 aliphatic rings. The minimum absolute atomic E-state index is 0.0825. The molecule has 186 valence electrons. The lowest BCUT2D eigenvalue weighted by Gasteiger charge is -2.29. The van der Waals surface area contributed by atoms with Crippen LogP contribution in [0.25, 0.3) is 6.08 Å². The van der Waals surface area contributed by atoms with E-state index in [1.54, 1.807) is 78.9 Å². The van der Waals surface area contributed by atoms with Crippen LogP contribution in [-0.4, -0.2) is 46.1 Å². The molecule has 0 aliphatic heterocycles. The van der Waals surface area contributed by atoms with Gasteiger partial charge in [0.2, 0.25) is 0 Å². The van der Waals surface area contributed by atoms with E-state index in [4.69, 9.17) is 14.2 Å². The number of esters is 1. The van der Waals surface area contributed by atoms with Crippen LogP contribution in [0.1, 0.15) is 86.8 Å². The normalized spacial score (nSPS) is 13.9. The van der Waals surface area contributed by atoms with Gasteiger partial charge in [-0.2, -0.15) is 0 Å². The number of carbonyl (C=O) groups excluding carboxylic acids is 3. The van der Waals surface area contributed by atoms with E-state index in [2.05, 4.69) is 12.2 Å². The molecule has 0 bridgehead atoms. The molecule has 1 N–H and O–H groups in total. The molecule has 0 saturated heterocycles. The lowest BCUT2D eigenvalue weighted by molar-refractivity contribution is -0.145. The van der Waals surface area contributed by atoms with Crippen molar-refractivity contribution >= 4 is 24.2 Å². The Morgan fingerprint density at radius 3 is 2.21 bits per heavy atom. The van der Waals surface area contributed by atoms with Crippen LogP contribution in [-0.2, 0) is 19.0 Å². The molecule has 0 radical (unpaired) electrons.